The quantitative estimate of drug-likeness (QED) is 0.316. The molecule has 3 aromatic rings. The third-order valence-electron chi connectivity index (χ3n) is 9.08. The molecule has 0 amide bonds. The van der Waals surface area contributed by atoms with Gasteiger partial charge in [0.05, 0.1) is 23.7 Å². The Bertz CT molecular complexity index is 1420. The lowest BCUT2D eigenvalue weighted by Gasteiger charge is -2.42. The number of hydrogen-bond donors (Lipinski definition) is 2. The second-order valence-corrected chi connectivity index (χ2v) is 12.6. The minimum atomic E-state index is 0.0301. The molecule has 0 saturated carbocycles. The van der Waals surface area contributed by atoms with Gasteiger partial charge in [-0.3, -0.25) is 4.98 Å². The highest BCUT2D eigenvalue weighted by molar-refractivity contribution is 7.99. The summed E-state index contributed by atoms with van der Waals surface area (Å²) in [6.45, 7) is 4.21. The Morgan fingerprint density at radius 3 is 2.85 bits per heavy atom. The fourth-order valence-corrected chi connectivity index (χ4v) is 7.75. The van der Waals surface area contributed by atoms with Crippen LogP contribution in [0.2, 0.25) is 0 Å². The van der Waals surface area contributed by atoms with Gasteiger partial charge in [0.25, 0.3) is 0 Å². The van der Waals surface area contributed by atoms with E-state index in [9.17, 15) is 0 Å². The summed E-state index contributed by atoms with van der Waals surface area (Å²) >= 11 is 1.47. The molecule has 1 aliphatic carbocycles. The molecule has 7 rings (SSSR count). The first-order chi connectivity index (χ1) is 20.0. The first-order valence-corrected chi connectivity index (χ1v) is 15.1. The molecule has 4 aliphatic rings. The van der Waals surface area contributed by atoms with Crippen molar-refractivity contribution in [2.75, 3.05) is 62.3 Å². The summed E-state index contributed by atoms with van der Waals surface area (Å²) < 4.78 is 16.9. The van der Waals surface area contributed by atoms with E-state index in [0.717, 1.165) is 73.3 Å². The van der Waals surface area contributed by atoms with Gasteiger partial charge in [-0.1, -0.05) is 17.8 Å². The van der Waals surface area contributed by atoms with E-state index in [2.05, 4.69) is 25.8 Å². The molecular weight excluding hydrogens is 540 g/mol. The predicted octanol–water partition coefficient (Wildman–Crippen LogP) is 3.05. The van der Waals surface area contributed by atoms with E-state index in [-0.39, 0.29) is 11.5 Å². The number of hydrogen-bond acceptors (Lipinski definition) is 12. The van der Waals surface area contributed by atoms with Gasteiger partial charge in [0.2, 0.25) is 0 Å². The van der Waals surface area contributed by atoms with Gasteiger partial charge in [0.1, 0.15) is 24.2 Å². The highest BCUT2D eigenvalue weighted by Crippen LogP contribution is 2.50. The number of nitrogens with zero attached hydrogens (tertiary/aromatic N) is 6. The van der Waals surface area contributed by atoms with Crippen molar-refractivity contribution in [3.05, 3.63) is 48.0 Å². The molecule has 11 nitrogen and oxygen atoms in total. The van der Waals surface area contributed by atoms with Gasteiger partial charge in [0, 0.05) is 56.8 Å². The summed E-state index contributed by atoms with van der Waals surface area (Å²) in [5.41, 5.74) is 15.6. The highest BCUT2D eigenvalue weighted by atomic mass is 32.2. The van der Waals surface area contributed by atoms with Crippen LogP contribution in [-0.2, 0) is 15.9 Å². The molecule has 4 N–H and O–H groups in total. The van der Waals surface area contributed by atoms with E-state index in [1.54, 1.807) is 7.11 Å². The zero-order valence-corrected chi connectivity index (χ0v) is 24.1. The second-order valence-electron chi connectivity index (χ2n) is 11.5. The molecule has 1 unspecified atom stereocenters. The van der Waals surface area contributed by atoms with E-state index in [4.69, 9.17) is 35.6 Å². The van der Waals surface area contributed by atoms with Crippen molar-refractivity contribution in [3.63, 3.8) is 0 Å². The molecule has 3 atom stereocenters. The van der Waals surface area contributed by atoms with Gasteiger partial charge in [-0.25, -0.2) is 15.0 Å². The summed E-state index contributed by atoms with van der Waals surface area (Å²) in [5.74, 6) is 3.28. The van der Waals surface area contributed by atoms with E-state index in [1.807, 2.05) is 30.7 Å². The molecule has 12 heteroatoms. The van der Waals surface area contributed by atoms with Gasteiger partial charge >= 0.3 is 0 Å². The van der Waals surface area contributed by atoms with Crippen LogP contribution >= 0.6 is 11.8 Å². The monoisotopic (exact) mass is 576 g/mol. The van der Waals surface area contributed by atoms with Crippen molar-refractivity contribution in [3.8, 4) is 5.75 Å². The summed E-state index contributed by atoms with van der Waals surface area (Å²) in [6, 6.07) is 6.39. The molecular formula is C29H36N8O3S. The minimum Gasteiger partial charge on any atom is -0.486 e. The van der Waals surface area contributed by atoms with Crippen LogP contribution in [0.3, 0.4) is 0 Å². The lowest BCUT2D eigenvalue weighted by molar-refractivity contribution is -0.0414. The van der Waals surface area contributed by atoms with E-state index < -0.39 is 0 Å². The molecule has 3 aromatic heterocycles. The number of aromatic nitrogens is 4. The summed E-state index contributed by atoms with van der Waals surface area (Å²) in [6.07, 6.45) is 9.45. The van der Waals surface area contributed by atoms with E-state index >= 15 is 0 Å². The van der Waals surface area contributed by atoms with Crippen molar-refractivity contribution in [1.29, 1.82) is 0 Å². The summed E-state index contributed by atoms with van der Waals surface area (Å²) in [5, 5.41) is 0.660. The number of nitrogen functional groups attached to an aromatic ring is 1. The minimum absolute atomic E-state index is 0.0301. The Labute approximate surface area is 244 Å². The molecule has 3 aliphatic heterocycles. The second kappa shape index (κ2) is 10.9. The zero-order chi connectivity index (χ0) is 28.0. The van der Waals surface area contributed by atoms with Crippen LogP contribution in [0.1, 0.15) is 36.6 Å². The number of piperidine rings is 1. The average molecular weight is 577 g/mol. The average Bonchev–Trinajstić information content (AvgIpc) is 3.53. The fraction of sp³-hybridized carbons (Fsp3) is 0.517. The number of fused-ring (bicyclic) bond motifs is 4. The van der Waals surface area contributed by atoms with Crippen LogP contribution in [0.5, 0.6) is 5.75 Å². The van der Waals surface area contributed by atoms with Crippen molar-refractivity contribution in [2.45, 2.75) is 47.7 Å². The molecule has 2 saturated heterocycles. The largest absolute Gasteiger partial charge is 0.486 e. The van der Waals surface area contributed by atoms with Gasteiger partial charge in [0.15, 0.2) is 17.4 Å². The molecule has 0 aromatic carbocycles. The normalized spacial score (nSPS) is 24.2. The first kappa shape index (κ1) is 26.7. The topological polar surface area (TPSA) is 138 Å². The summed E-state index contributed by atoms with van der Waals surface area (Å²) in [7, 11) is 1.64. The smallest absolute Gasteiger partial charge is 0.175 e. The van der Waals surface area contributed by atoms with Crippen molar-refractivity contribution in [2.24, 2.45) is 17.1 Å². The van der Waals surface area contributed by atoms with Crippen LogP contribution < -0.4 is 26.0 Å². The van der Waals surface area contributed by atoms with Gasteiger partial charge in [-0.15, -0.1) is 0 Å². The number of ether oxygens (including phenoxy) is 3. The Kier molecular flexibility index (Phi) is 7.10. The van der Waals surface area contributed by atoms with E-state index in [0.29, 0.717) is 42.8 Å². The van der Waals surface area contributed by atoms with Gasteiger partial charge in [-0.05, 0) is 48.8 Å². The van der Waals surface area contributed by atoms with Crippen molar-refractivity contribution in [1.82, 2.24) is 19.9 Å². The molecule has 6 heterocycles. The molecule has 0 radical (unpaired) electrons. The summed E-state index contributed by atoms with van der Waals surface area (Å²) in [4.78, 5) is 24.3. The maximum absolute atomic E-state index is 6.73. The SMILES string of the molecule is COCOCC1C[C@H]2COc3c(Sc4ncc(N5CCC6(CC5)Cc5ncccc5[C@H]6N)nc4N)ccnc3N2C1. The number of pyridine rings is 2. The highest BCUT2D eigenvalue weighted by Gasteiger charge is 2.46. The lowest BCUT2D eigenvalue weighted by Crippen LogP contribution is -2.44. The molecule has 216 valence electrons. The molecule has 41 heavy (non-hydrogen) atoms. The number of rotatable bonds is 7. The van der Waals surface area contributed by atoms with Crippen molar-refractivity contribution < 1.29 is 14.2 Å². The predicted molar refractivity (Wildman–Crippen MR) is 156 cm³/mol. The zero-order valence-electron chi connectivity index (χ0n) is 23.2. The number of nitrogens with two attached hydrogens (primary N) is 2. The maximum Gasteiger partial charge on any atom is 0.175 e. The third kappa shape index (κ3) is 4.86. The van der Waals surface area contributed by atoms with Gasteiger partial charge in [-0.2, -0.15) is 0 Å². The van der Waals surface area contributed by atoms with Crippen LogP contribution in [-0.4, -0.2) is 72.7 Å². The molecule has 1 spiro atoms. The Morgan fingerprint density at radius 1 is 1.17 bits per heavy atom. The van der Waals surface area contributed by atoms with Crippen LogP contribution in [0.25, 0.3) is 0 Å². The molecule has 0 bridgehead atoms. The Balaban J connectivity index is 1.02. The fourth-order valence-electron chi connectivity index (χ4n) is 6.91. The van der Waals surface area contributed by atoms with Crippen LogP contribution in [0.4, 0.5) is 17.5 Å². The first-order valence-electron chi connectivity index (χ1n) is 14.2. The molecule has 2 fully saturated rings. The van der Waals surface area contributed by atoms with Crippen LogP contribution in [0.15, 0.2) is 46.7 Å². The number of anilines is 3. The van der Waals surface area contributed by atoms with Crippen molar-refractivity contribution >= 4 is 29.2 Å². The maximum atomic E-state index is 6.73. The van der Waals surface area contributed by atoms with Gasteiger partial charge < -0.3 is 35.5 Å². The Morgan fingerprint density at radius 2 is 2.05 bits per heavy atom. The number of methoxy groups -OCH3 is 1. The third-order valence-corrected chi connectivity index (χ3v) is 10.1. The lowest BCUT2D eigenvalue weighted by atomic mass is 9.73. The standard InChI is InChI=1S/C29H36N8O3S/c1-38-17-39-15-18-11-19-16-40-24-22(4-8-33-27(24)37(19)14-18)41-28-26(31)35-23(13-34-28)36-9-5-29(6-10-36)12-21-20(25(29)30)3-2-7-32-21/h2-4,7-8,13,18-19,25H,5-6,9-12,14-17,30H2,1H3,(H2,31,35)/t18?,19-,25+/m0/s1. The Hall–Kier alpha value is -3.19. The van der Waals surface area contributed by atoms with E-state index in [1.165, 1.54) is 17.3 Å². The van der Waals surface area contributed by atoms with Crippen LogP contribution in [0, 0.1) is 11.3 Å².